The Morgan fingerprint density at radius 2 is 1.70 bits per heavy atom. The summed E-state index contributed by atoms with van der Waals surface area (Å²) in [5, 5.41) is 14.2. The van der Waals surface area contributed by atoms with Gasteiger partial charge in [-0.2, -0.15) is 0 Å². The molecule has 0 aliphatic rings. The van der Waals surface area contributed by atoms with Crippen LogP contribution in [0.3, 0.4) is 0 Å². The summed E-state index contributed by atoms with van der Waals surface area (Å²) in [6.45, 7) is 6.75. The predicted octanol–water partition coefficient (Wildman–Crippen LogP) is 4.37. The van der Waals surface area contributed by atoms with Crippen molar-refractivity contribution in [2.45, 2.75) is 45.7 Å². The molecule has 0 unspecified atom stereocenters. The second kappa shape index (κ2) is 13.1. The van der Waals surface area contributed by atoms with Crippen LogP contribution in [0.4, 0.5) is 10.5 Å². The Balaban J connectivity index is 1.39. The molecule has 2 aromatic carbocycles. The van der Waals surface area contributed by atoms with Gasteiger partial charge in [-0.25, -0.2) is 9.78 Å². The Bertz CT molecular complexity index is 1970. The number of fused-ring (bicyclic) bond motifs is 1. The number of ether oxygens (including phenoxy) is 1. The fraction of sp³-hybridized carbons (Fsp3) is 0.273. The minimum atomic E-state index is -1.05. The number of pyridine rings is 1. The molecule has 13 heteroatoms. The molecule has 1 atom stereocenters. The molecule has 2 amide bonds. The summed E-state index contributed by atoms with van der Waals surface area (Å²) in [7, 11) is 1.16. The highest BCUT2D eigenvalue weighted by Crippen LogP contribution is 2.30. The van der Waals surface area contributed by atoms with E-state index >= 15 is 0 Å². The number of rotatable bonds is 10. The summed E-state index contributed by atoms with van der Waals surface area (Å²) in [6, 6.07) is 19.3. The highest BCUT2D eigenvalue weighted by atomic mass is 16.5. The number of para-hydroxylation sites is 1. The Labute approximate surface area is 264 Å². The third-order valence-electron chi connectivity index (χ3n) is 7.48. The fourth-order valence-corrected chi connectivity index (χ4v) is 4.83. The molecule has 5 rings (SSSR count). The van der Waals surface area contributed by atoms with E-state index in [2.05, 4.69) is 30.6 Å². The lowest BCUT2D eigenvalue weighted by Gasteiger charge is -2.21. The lowest BCUT2D eigenvalue weighted by molar-refractivity contribution is -0.122. The van der Waals surface area contributed by atoms with E-state index in [4.69, 9.17) is 9.40 Å². The number of methoxy groups -OCH3 is 1. The normalized spacial score (nSPS) is 12.1. The first-order valence-corrected chi connectivity index (χ1v) is 14.5. The molecule has 2 N–H and O–H groups in total. The highest BCUT2D eigenvalue weighted by molar-refractivity contribution is 5.98. The maximum absolute atomic E-state index is 13.6. The first-order chi connectivity index (χ1) is 22.0. The topological polar surface area (TPSA) is 171 Å². The van der Waals surface area contributed by atoms with Crippen LogP contribution >= 0.6 is 0 Å². The lowest BCUT2D eigenvalue weighted by atomic mass is 9.88. The number of nitrogens with zero attached hydrogens (tertiary/aromatic N) is 5. The second-order valence-corrected chi connectivity index (χ2v) is 11.4. The molecule has 13 nitrogen and oxygen atoms in total. The number of hydrogen-bond acceptors (Lipinski definition) is 10. The molecule has 3 heterocycles. The minimum absolute atomic E-state index is 0.183. The number of hydrogen-bond donors (Lipinski definition) is 2. The molecule has 0 bridgehead atoms. The van der Waals surface area contributed by atoms with Gasteiger partial charge in [-0.15, -0.1) is 10.2 Å². The zero-order chi connectivity index (χ0) is 33.0. The summed E-state index contributed by atoms with van der Waals surface area (Å²) in [4.78, 5) is 61.3. The third kappa shape index (κ3) is 6.53. The highest BCUT2D eigenvalue weighted by Gasteiger charge is 2.35. The van der Waals surface area contributed by atoms with Gasteiger partial charge in [0.2, 0.25) is 17.6 Å². The van der Waals surface area contributed by atoms with Gasteiger partial charge >= 0.3 is 6.09 Å². The number of benzene rings is 2. The van der Waals surface area contributed by atoms with E-state index in [1.54, 1.807) is 44.2 Å². The molecule has 0 aliphatic carbocycles. The van der Waals surface area contributed by atoms with E-state index in [0.717, 1.165) is 22.6 Å². The van der Waals surface area contributed by atoms with Gasteiger partial charge in [0, 0.05) is 10.9 Å². The molecule has 0 saturated carbocycles. The zero-order valence-corrected chi connectivity index (χ0v) is 26.0. The molecule has 0 radical (unpaired) electrons. The summed E-state index contributed by atoms with van der Waals surface area (Å²) >= 11 is 0. The van der Waals surface area contributed by atoms with E-state index in [9.17, 15) is 19.2 Å². The van der Waals surface area contributed by atoms with Crippen LogP contribution in [-0.2, 0) is 21.5 Å². The third-order valence-corrected chi connectivity index (χ3v) is 7.48. The van der Waals surface area contributed by atoms with Crippen molar-refractivity contribution in [3.05, 3.63) is 101 Å². The van der Waals surface area contributed by atoms with E-state index in [0.29, 0.717) is 11.3 Å². The van der Waals surface area contributed by atoms with Crippen LogP contribution in [-0.4, -0.2) is 55.7 Å². The number of anilines is 1. The molecule has 3 aromatic heterocycles. The number of carbonyl (C=O) groups is 3. The quantitative estimate of drug-likeness (QED) is 0.213. The summed E-state index contributed by atoms with van der Waals surface area (Å²) in [6.07, 6.45) is 0.324. The van der Waals surface area contributed by atoms with Gasteiger partial charge < -0.3 is 14.5 Å². The van der Waals surface area contributed by atoms with Crippen LogP contribution in [0.1, 0.15) is 50.0 Å². The summed E-state index contributed by atoms with van der Waals surface area (Å²) < 4.78 is 11.6. The van der Waals surface area contributed by atoms with Gasteiger partial charge in [-0.1, -0.05) is 68.4 Å². The van der Waals surface area contributed by atoms with Crippen molar-refractivity contribution < 1.29 is 23.5 Å². The summed E-state index contributed by atoms with van der Waals surface area (Å²) in [5.74, 6) is -1.50. The maximum atomic E-state index is 13.6. The van der Waals surface area contributed by atoms with Crippen molar-refractivity contribution in [2.24, 2.45) is 5.92 Å². The van der Waals surface area contributed by atoms with E-state index in [-0.39, 0.29) is 29.2 Å². The number of nitrogens with one attached hydrogen (secondary N) is 2. The molecule has 5 aromatic rings. The van der Waals surface area contributed by atoms with Gasteiger partial charge in [0.05, 0.1) is 36.0 Å². The number of ketones is 1. The van der Waals surface area contributed by atoms with Crippen molar-refractivity contribution in [3.63, 3.8) is 0 Å². The monoisotopic (exact) mass is 623 g/mol. The van der Waals surface area contributed by atoms with E-state index in [1.165, 1.54) is 6.20 Å². The van der Waals surface area contributed by atoms with Crippen LogP contribution < -0.4 is 16.2 Å². The first kappa shape index (κ1) is 31.7. The van der Waals surface area contributed by atoms with Crippen LogP contribution in [0.25, 0.3) is 22.3 Å². The van der Waals surface area contributed by atoms with Gasteiger partial charge in [-0.05, 0) is 31.9 Å². The van der Waals surface area contributed by atoms with Crippen molar-refractivity contribution in [1.82, 2.24) is 30.0 Å². The lowest BCUT2D eigenvalue weighted by Crippen LogP contribution is -2.46. The van der Waals surface area contributed by atoms with Crippen molar-refractivity contribution in [3.8, 4) is 11.4 Å². The summed E-state index contributed by atoms with van der Waals surface area (Å²) in [5.41, 5.74) is 0.362. The van der Waals surface area contributed by atoms with Gasteiger partial charge in [-0.3, -0.25) is 29.3 Å². The second-order valence-electron chi connectivity index (χ2n) is 11.4. The minimum Gasteiger partial charge on any atom is -0.453 e. The Kier molecular flexibility index (Phi) is 9.03. The SMILES string of the molecule is COC(=O)Nc1cnc(-c2ccccc2)n(CC(=O)N[C@@H](C(=O)c2nnc(C(C)(C)c3ccc4ccccc4n3)o2)C(C)C)c1=O. The Hall–Kier alpha value is -5.72. The zero-order valence-electron chi connectivity index (χ0n) is 26.0. The van der Waals surface area contributed by atoms with Crippen molar-refractivity contribution in [2.75, 3.05) is 12.4 Å². The van der Waals surface area contributed by atoms with Crippen LogP contribution in [0, 0.1) is 5.92 Å². The van der Waals surface area contributed by atoms with Crippen molar-refractivity contribution in [1.29, 1.82) is 0 Å². The number of carbonyl (C=O) groups excluding carboxylic acids is 3. The molecule has 0 spiro atoms. The average Bonchev–Trinajstić information content (AvgIpc) is 3.57. The molecular weight excluding hydrogens is 590 g/mol. The molecule has 0 saturated heterocycles. The van der Waals surface area contributed by atoms with Crippen molar-refractivity contribution >= 4 is 34.4 Å². The molecule has 0 aliphatic heterocycles. The Morgan fingerprint density at radius 1 is 0.978 bits per heavy atom. The smallest absolute Gasteiger partial charge is 0.411 e. The van der Waals surface area contributed by atoms with Crippen LogP contribution in [0.5, 0.6) is 0 Å². The fourth-order valence-electron chi connectivity index (χ4n) is 4.83. The molecular formula is C33H33N7O6. The predicted molar refractivity (Wildman–Crippen MR) is 169 cm³/mol. The standard InChI is InChI=1S/C33H33N7O6/c1-19(2)26(27(42)29-38-39-31(46-29)33(3,4)24-16-15-20-11-9-10-14-22(20)35-24)37-25(41)18-40-28(21-12-7-6-8-13-21)34-17-23(30(40)43)36-32(44)45-5/h6-17,19,26H,18H2,1-5H3,(H,36,44)(H,37,41)/t26-/m1/s1. The average molecular weight is 624 g/mol. The van der Waals surface area contributed by atoms with E-state index < -0.39 is 41.3 Å². The van der Waals surface area contributed by atoms with Gasteiger partial charge in [0.15, 0.2) is 0 Å². The number of amides is 2. The maximum Gasteiger partial charge on any atom is 0.411 e. The first-order valence-electron chi connectivity index (χ1n) is 14.5. The number of aromatic nitrogens is 5. The molecule has 46 heavy (non-hydrogen) atoms. The van der Waals surface area contributed by atoms with Gasteiger partial charge in [0.1, 0.15) is 18.1 Å². The largest absolute Gasteiger partial charge is 0.453 e. The van der Waals surface area contributed by atoms with E-state index in [1.807, 2.05) is 50.2 Å². The molecule has 236 valence electrons. The van der Waals surface area contributed by atoms with Crippen LogP contribution in [0.2, 0.25) is 0 Å². The van der Waals surface area contributed by atoms with Gasteiger partial charge in [0.25, 0.3) is 11.4 Å². The van der Waals surface area contributed by atoms with Crippen LogP contribution in [0.15, 0.2) is 82.1 Å². The number of Topliss-reactive ketones (excluding diaryl/α,β-unsaturated/α-hetero) is 1. The Morgan fingerprint density at radius 3 is 2.41 bits per heavy atom. The molecule has 0 fully saturated rings.